The predicted molar refractivity (Wildman–Crippen MR) is 88.9 cm³/mol. The van der Waals surface area contributed by atoms with Crippen LogP contribution in [0.1, 0.15) is 49.0 Å². The number of hydrogen-bond donors (Lipinski definition) is 0. The Morgan fingerprint density at radius 2 is 2.09 bits per heavy atom. The second kappa shape index (κ2) is 6.07. The number of nitrogens with zero attached hydrogens (tertiary/aromatic N) is 2. The average molecular weight is 332 g/mol. The molecule has 2 aliphatic carbocycles. The van der Waals surface area contributed by atoms with E-state index >= 15 is 0 Å². The summed E-state index contributed by atoms with van der Waals surface area (Å²) in [6, 6.07) is 0. The van der Waals surface area contributed by atoms with Crippen molar-refractivity contribution in [2.24, 2.45) is 0 Å². The normalized spacial score (nSPS) is 18.3. The molecule has 5 nitrogen and oxygen atoms in total. The van der Waals surface area contributed by atoms with E-state index in [1.165, 1.54) is 22.2 Å². The van der Waals surface area contributed by atoms with Gasteiger partial charge in [-0.25, -0.2) is 4.98 Å². The summed E-state index contributed by atoms with van der Waals surface area (Å²) >= 11 is 1.62. The van der Waals surface area contributed by atoms with Crippen molar-refractivity contribution in [1.29, 1.82) is 0 Å². The number of fused-ring (bicyclic) bond motifs is 3. The average Bonchev–Trinajstić information content (AvgIpc) is 3.11. The van der Waals surface area contributed by atoms with Crippen molar-refractivity contribution in [3.05, 3.63) is 27.1 Å². The Morgan fingerprint density at radius 3 is 2.91 bits per heavy atom. The third kappa shape index (κ3) is 2.80. The number of aryl methyl sites for hydroxylation is 2. The van der Waals surface area contributed by atoms with Crippen molar-refractivity contribution in [3.63, 3.8) is 0 Å². The van der Waals surface area contributed by atoms with Gasteiger partial charge in [0.25, 0.3) is 5.56 Å². The molecule has 0 atom stereocenters. The summed E-state index contributed by atoms with van der Waals surface area (Å²) in [4.78, 5) is 31.3. The van der Waals surface area contributed by atoms with Crippen molar-refractivity contribution >= 4 is 27.5 Å². The summed E-state index contributed by atoms with van der Waals surface area (Å²) in [6.45, 7) is -0.0388. The lowest BCUT2D eigenvalue weighted by atomic mass is 9.98. The summed E-state index contributed by atoms with van der Waals surface area (Å²) < 4.78 is 6.91. The summed E-state index contributed by atoms with van der Waals surface area (Å²) in [5.41, 5.74) is 1.05. The Kier molecular flexibility index (Phi) is 3.93. The first-order valence-electron chi connectivity index (χ1n) is 8.41. The molecule has 2 heterocycles. The van der Waals surface area contributed by atoms with Gasteiger partial charge in [-0.2, -0.15) is 0 Å². The van der Waals surface area contributed by atoms with Crippen LogP contribution < -0.4 is 5.56 Å². The van der Waals surface area contributed by atoms with E-state index in [4.69, 9.17) is 4.74 Å². The lowest BCUT2D eigenvalue weighted by molar-refractivity contribution is -0.151. The number of carbonyl (C=O) groups is 1. The van der Waals surface area contributed by atoms with E-state index < -0.39 is 0 Å². The number of aromatic nitrogens is 2. The standard InChI is InChI=1S/C17H20N2O3S/c20-14(22-11-5-2-1-3-6-11)9-19-10-18-16-15(17(19)21)12-7-4-8-13(12)23-16/h10-11H,1-9H2. The van der Waals surface area contributed by atoms with Crippen LogP contribution in [0.25, 0.3) is 10.2 Å². The first kappa shape index (κ1) is 14.9. The number of carbonyl (C=O) groups excluding carboxylic acids is 1. The highest BCUT2D eigenvalue weighted by molar-refractivity contribution is 7.18. The molecule has 0 unspecified atom stereocenters. The van der Waals surface area contributed by atoms with Gasteiger partial charge in [0.1, 0.15) is 17.5 Å². The molecule has 0 spiro atoms. The lowest BCUT2D eigenvalue weighted by Crippen LogP contribution is -2.29. The summed E-state index contributed by atoms with van der Waals surface area (Å²) in [7, 11) is 0. The Morgan fingerprint density at radius 1 is 1.26 bits per heavy atom. The maximum Gasteiger partial charge on any atom is 0.326 e. The molecule has 0 amide bonds. The molecule has 0 aliphatic heterocycles. The minimum absolute atomic E-state index is 0.0223. The topological polar surface area (TPSA) is 61.2 Å². The van der Waals surface area contributed by atoms with Crippen LogP contribution in [0.5, 0.6) is 0 Å². The van der Waals surface area contributed by atoms with Gasteiger partial charge in [0.2, 0.25) is 0 Å². The van der Waals surface area contributed by atoms with E-state index in [1.807, 2.05) is 0 Å². The number of rotatable bonds is 3. The molecule has 1 fully saturated rings. The second-order valence-corrected chi connectivity index (χ2v) is 7.55. The van der Waals surface area contributed by atoms with Gasteiger partial charge >= 0.3 is 5.97 Å². The zero-order chi connectivity index (χ0) is 15.8. The molecule has 2 aromatic rings. The van der Waals surface area contributed by atoms with E-state index in [-0.39, 0.29) is 24.2 Å². The van der Waals surface area contributed by atoms with Gasteiger partial charge in [0.15, 0.2) is 0 Å². The minimum Gasteiger partial charge on any atom is -0.461 e. The molecule has 122 valence electrons. The third-order valence-corrected chi connectivity index (χ3v) is 6.04. The molecule has 23 heavy (non-hydrogen) atoms. The molecule has 0 bridgehead atoms. The smallest absolute Gasteiger partial charge is 0.326 e. The number of esters is 1. The molecule has 1 saturated carbocycles. The first-order chi connectivity index (χ1) is 11.2. The highest BCUT2D eigenvalue weighted by atomic mass is 32.1. The van der Waals surface area contributed by atoms with Crippen LogP contribution in [0, 0.1) is 0 Å². The zero-order valence-electron chi connectivity index (χ0n) is 13.0. The monoisotopic (exact) mass is 332 g/mol. The molecule has 0 radical (unpaired) electrons. The summed E-state index contributed by atoms with van der Waals surface area (Å²) in [6.07, 6.45) is 9.94. The first-order valence-corrected chi connectivity index (χ1v) is 9.23. The predicted octanol–water partition coefficient (Wildman–Crippen LogP) is 2.82. The van der Waals surface area contributed by atoms with Crippen LogP contribution in [-0.4, -0.2) is 21.6 Å². The summed E-state index contributed by atoms with van der Waals surface area (Å²) in [5, 5.41) is 0.718. The van der Waals surface area contributed by atoms with Crippen molar-refractivity contribution in [2.45, 2.75) is 64.0 Å². The molecule has 4 rings (SSSR count). The quantitative estimate of drug-likeness (QED) is 0.811. The maximum atomic E-state index is 12.7. The van der Waals surface area contributed by atoms with Crippen LogP contribution in [0.2, 0.25) is 0 Å². The molecule has 6 heteroatoms. The van der Waals surface area contributed by atoms with Crippen LogP contribution in [0.15, 0.2) is 11.1 Å². The summed E-state index contributed by atoms with van der Waals surface area (Å²) in [5.74, 6) is -0.327. The lowest BCUT2D eigenvalue weighted by Gasteiger charge is -2.21. The number of ether oxygens (including phenoxy) is 1. The fraction of sp³-hybridized carbons (Fsp3) is 0.588. The van der Waals surface area contributed by atoms with E-state index in [0.29, 0.717) is 0 Å². The van der Waals surface area contributed by atoms with E-state index in [2.05, 4.69) is 4.98 Å². The van der Waals surface area contributed by atoms with Crippen LogP contribution >= 0.6 is 11.3 Å². The van der Waals surface area contributed by atoms with Crippen molar-refractivity contribution < 1.29 is 9.53 Å². The SMILES string of the molecule is O=C(Cn1cnc2sc3c(c2c1=O)CCC3)OC1CCCCC1. The Hall–Kier alpha value is -1.69. The van der Waals surface area contributed by atoms with Gasteiger partial charge < -0.3 is 4.74 Å². The van der Waals surface area contributed by atoms with Gasteiger partial charge in [-0.15, -0.1) is 11.3 Å². The molecule has 0 saturated heterocycles. The second-order valence-electron chi connectivity index (χ2n) is 6.46. The highest BCUT2D eigenvalue weighted by Crippen LogP contribution is 2.34. The van der Waals surface area contributed by atoms with Crippen LogP contribution in [0.4, 0.5) is 0 Å². The molecule has 2 aliphatic rings. The fourth-order valence-electron chi connectivity index (χ4n) is 3.68. The number of thiophene rings is 1. The molecule has 0 aromatic carbocycles. The van der Waals surface area contributed by atoms with Gasteiger partial charge in [-0.1, -0.05) is 6.42 Å². The third-order valence-electron chi connectivity index (χ3n) is 4.84. The van der Waals surface area contributed by atoms with Crippen molar-refractivity contribution in [3.8, 4) is 0 Å². The molecule has 0 N–H and O–H groups in total. The Bertz CT molecular complexity index is 802. The number of hydrogen-bond acceptors (Lipinski definition) is 5. The largest absolute Gasteiger partial charge is 0.461 e. The van der Waals surface area contributed by atoms with Crippen molar-refractivity contribution in [1.82, 2.24) is 9.55 Å². The van der Waals surface area contributed by atoms with Gasteiger partial charge in [0.05, 0.1) is 11.7 Å². The molecular formula is C17H20N2O3S. The highest BCUT2D eigenvalue weighted by Gasteiger charge is 2.22. The van der Waals surface area contributed by atoms with E-state index in [0.717, 1.165) is 60.7 Å². The maximum absolute atomic E-state index is 12.7. The minimum atomic E-state index is -0.327. The molecular weight excluding hydrogens is 312 g/mol. The van der Waals surface area contributed by atoms with Gasteiger partial charge in [0, 0.05) is 4.88 Å². The van der Waals surface area contributed by atoms with Crippen molar-refractivity contribution in [2.75, 3.05) is 0 Å². The van der Waals surface area contributed by atoms with Crippen LogP contribution in [0.3, 0.4) is 0 Å². The Balaban J connectivity index is 1.55. The zero-order valence-corrected chi connectivity index (χ0v) is 13.9. The van der Waals surface area contributed by atoms with Crippen LogP contribution in [-0.2, 0) is 28.9 Å². The van der Waals surface area contributed by atoms with Gasteiger partial charge in [-0.3, -0.25) is 14.2 Å². The molecule has 2 aromatic heterocycles. The van der Waals surface area contributed by atoms with E-state index in [1.54, 1.807) is 11.3 Å². The Labute approximate surface area is 138 Å². The fourth-order valence-corrected chi connectivity index (χ4v) is 4.90. The van der Waals surface area contributed by atoms with Gasteiger partial charge in [-0.05, 0) is 50.5 Å². The van der Waals surface area contributed by atoms with E-state index in [9.17, 15) is 9.59 Å².